The standard InChI is InChI=1S/C34H35N3O5/c1-22-31(30(42-37-22)19-18-23-12-6-5-7-13-23)36-32(38)29(21-41-34(2,3)4)35-33(39)40-20-28-26-16-10-8-14-24(26)25-15-9-11-17-27(25)28/h5-19,28-29H,20-21H2,1-4H3,(H,35,39)(H,36,38)/b19-18+/t29-/m1/s1. The van der Waals surface area contributed by atoms with Crippen molar-refractivity contribution < 1.29 is 23.6 Å². The number of benzene rings is 3. The molecule has 0 fully saturated rings. The molecule has 0 spiro atoms. The Hall–Kier alpha value is -4.69. The van der Waals surface area contributed by atoms with Gasteiger partial charge in [0.15, 0.2) is 5.76 Å². The number of nitrogens with one attached hydrogen (secondary N) is 2. The van der Waals surface area contributed by atoms with Gasteiger partial charge < -0.3 is 24.6 Å². The zero-order chi connectivity index (χ0) is 29.7. The molecule has 2 N–H and O–H groups in total. The summed E-state index contributed by atoms with van der Waals surface area (Å²) in [5, 5.41) is 9.58. The molecule has 0 unspecified atom stereocenters. The summed E-state index contributed by atoms with van der Waals surface area (Å²) in [4.78, 5) is 26.5. The molecule has 8 nitrogen and oxygen atoms in total. The number of anilines is 1. The first-order valence-electron chi connectivity index (χ1n) is 14.0. The Balaban J connectivity index is 1.28. The number of ether oxygens (including phenoxy) is 2. The fraction of sp³-hybridized carbons (Fsp3) is 0.265. The molecule has 216 valence electrons. The highest BCUT2D eigenvalue weighted by molar-refractivity contribution is 5.98. The van der Waals surface area contributed by atoms with E-state index in [2.05, 4.69) is 40.1 Å². The van der Waals surface area contributed by atoms with Gasteiger partial charge >= 0.3 is 6.09 Å². The molecule has 8 heteroatoms. The number of nitrogens with zero attached hydrogens (tertiary/aromatic N) is 1. The smallest absolute Gasteiger partial charge is 0.407 e. The van der Waals surface area contributed by atoms with Gasteiger partial charge in [0.25, 0.3) is 0 Å². The van der Waals surface area contributed by atoms with Gasteiger partial charge in [-0.15, -0.1) is 0 Å². The van der Waals surface area contributed by atoms with Crippen molar-refractivity contribution in [2.45, 2.75) is 45.3 Å². The molecule has 0 aliphatic heterocycles. The normalized spacial score (nSPS) is 13.4. The fourth-order valence-corrected chi connectivity index (χ4v) is 4.90. The Bertz CT molecular complexity index is 1540. The average molecular weight is 566 g/mol. The van der Waals surface area contributed by atoms with Crippen LogP contribution in [-0.4, -0.2) is 42.0 Å². The zero-order valence-electron chi connectivity index (χ0n) is 24.2. The van der Waals surface area contributed by atoms with Crippen molar-refractivity contribution in [2.24, 2.45) is 0 Å². The predicted molar refractivity (Wildman–Crippen MR) is 163 cm³/mol. The number of amides is 2. The molecule has 0 bridgehead atoms. The van der Waals surface area contributed by atoms with Crippen LogP contribution in [0.1, 0.15) is 54.8 Å². The number of carbonyl (C=O) groups is 2. The molecule has 1 aromatic heterocycles. The Morgan fingerprint density at radius 1 is 0.929 bits per heavy atom. The number of hydrogen-bond acceptors (Lipinski definition) is 6. The number of fused-ring (bicyclic) bond motifs is 3. The first-order valence-corrected chi connectivity index (χ1v) is 14.0. The van der Waals surface area contributed by atoms with Gasteiger partial charge in [-0.1, -0.05) is 90.1 Å². The quantitative estimate of drug-likeness (QED) is 0.231. The van der Waals surface area contributed by atoms with Crippen molar-refractivity contribution >= 4 is 29.8 Å². The molecule has 1 atom stereocenters. The number of rotatable bonds is 9. The van der Waals surface area contributed by atoms with Crippen molar-refractivity contribution in [1.82, 2.24) is 10.5 Å². The van der Waals surface area contributed by atoms with Gasteiger partial charge in [-0.25, -0.2) is 4.79 Å². The van der Waals surface area contributed by atoms with Crippen LogP contribution in [0.2, 0.25) is 0 Å². The predicted octanol–water partition coefficient (Wildman–Crippen LogP) is 6.81. The van der Waals surface area contributed by atoms with E-state index in [1.54, 1.807) is 13.0 Å². The second-order valence-electron chi connectivity index (χ2n) is 11.2. The number of carbonyl (C=O) groups excluding carboxylic acids is 2. The van der Waals surface area contributed by atoms with Crippen molar-refractivity contribution in [1.29, 1.82) is 0 Å². The Kier molecular flexibility index (Phi) is 8.54. The SMILES string of the molecule is Cc1noc(/C=C/c2ccccc2)c1NC(=O)[C@@H](COC(C)(C)C)NC(=O)OCC1c2ccccc2-c2ccccc21. The van der Waals surface area contributed by atoms with E-state index in [0.717, 1.165) is 27.8 Å². The molecule has 4 aromatic rings. The monoisotopic (exact) mass is 565 g/mol. The van der Waals surface area contributed by atoms with Crippen LogP contribution >= 0.6 is 0 Å². The van der Waals surface area contributed by atoms with Crippen molar-refractivity contribution in [3.05, 3.63) is 107 Å². The van der Waals surface area contributed by atoms with Crippen LogP contribution in [0.15, 0.2) is 83.4 Å². The van der Waals surface area contributed by atoms with Crippen LogP contribution < -0.4 is 10.6 Å². The van der Waals surface area contributed by atoms with Crippen LogP contribution in [0.3, 0.4) is 0 Å². The number of hydrogen-bond donors (Lipinski definition) is 2. The van der Waals surface area contributed by atoms with E-state index in [0.29, 0.717) is 17.1 Å². The maximum Gasteiger partial charge on any atom is 0.407 e. The van der Waals surface area contributed by atoms with Gasteiger partial charge in [-0.3, -0.25) is 4.79 Å². The van der Waals surface area contributed by atoms with Crippen LogP contribution in [0.4, 0.5) is 10.5 Å². The summed E-state index contributed by atoms with van der Waals surface area (Å²) in [6, 6.07) is 24.9. The summed E-state index contributed by atoms with van der Waals surface area (Å²) in [5.74, 6) is -0.186. The third kappa shape index (κ3) is 6.78. The molecule has 0 saturated heterocycles. The Morgan fingerprint density at radius 3 is 2.19 bits per heavy atom. The lowest BCUT2D eigenvalue weighted by Gasteiger charge is -2.25. The van der Waals surface area contributed by atoms with E-state index in [1.807, 2.05) is 81.4 Å². The van der Waals surface area contributed by atoms with Crippen molar-refractivity contribution in [2.75, 3.05) is 18.5 Å². The summed E-state index contributed by atoms with van der Waals surface area (Å²) < 4.78 is 17.0. The third-order valence-corrected chi connectivity index (χ3v) is 7.00. The van der Waals surface area contributed by atoms with E-state index in [4.69, 9.17) is 14.0 Å². The topological polar surface area (TPSA) is 103 Å². The van der Waals surface area contributed by atoms with Gasteiger partial charge in [0.05, 0.1) is 12.2 Å². The first-order chi connectivity index (χ1) is 20.2. The number of aryl methyl sites for hydroxylation is 1. The molecule has 1 aliphatic carbocycles. The van der Waals surface area contributed by atoms with Gasteiger partial charge in [-0.05, 0) is 61.6 Å². The average Bonchev–Trinajstić information content (AvgIpc) is 3.49. The molecule has 42 heavy (non-hydrogen) atoms. The molecule has 5 rings (SSSR count). The fourth-order valence-electron chi connectivity index (χ4n) is 4.90. The molecular formula is C34H35N3O5. The zero-order valence-corrected chi connectivity index (χ0v) is 24.2. The lowest BCUT2D eigenvalue weighted by molar-refractivity contribution is -0.121. The van der Waals surface area contributed by atoms with Crippen molar-refractivity contribution in [3.63, 3.8) is 0 Å². The van der Waals surface area contributed by atoms with Crippen LogP contribution in [-0.2, 0) is 14.3 Å². The minimum absolute atomic E-state index is 0.0565. The minimum Gasteiger partial charge on any atom is -0.449 e. The lowest BCUT2D eigenvalue weighted by atomic mass is 9.98. The van der Waals surface area contributed by atoms with Crippen molar-refractivity contribution in [3.8, 4) is 11.1 Å². The molecule has 0 radical (unpaired) electrons. The van der Waals surface area contributed by atoms with Crippen LogP contribution in [0, 0.1) is 6.92 Å². The van der Waals surface area contributed by atoms with E-state index in [-0.39, 0.29) is 19.1 Å². The second-order valence-corrected chi connectivity index (χ2v) is 11.2. The highest BCUT2D eigenvalue weighted by atomic mass is 16.5. The van der Waals surface area contributed by atoms with Gasteiger partial charge in [0, 0.05) is 5.92 Å². The van der Waals surface area contributed by atoms with Gasteiger partial charge in [0.1, 0.15) is 24.0 Å². The van der Waals surface area contributed by atoms with Crippen LogP contribution in [0.5, 0.6) is 0 Å². The summed E-state index contributed by atoms with van der Waals surface area (Å²) in [5.41, 5.74) is 5.86. The largest absolute Gasteiger partial charge is 0.449 e. The van der Waals surface area contributed by atoms with E-state index in [9.17, 15) is 9.59 Å². The third-order valence-electron chi connectivity index (χ3n) is 7.00. The maximum absolute atomic E-state index is 13.5. The molecule has 1 aliphatic rings. The van der Waals surface area contributed by atoms with Gasteiger partial charge in [-0.2, -0.15) is 0 Å². The first kappa shape index (κ1) is 28.8. The highest BCUT2D eigenvalue weighted by Crippen LogP contribution is 2.44. The van der Waals surface area contributed by atoms with E-state index < -0.39 is 23.6 Å². The van der Waals surface area contributed by atoms with E-state index >= 15 is 0 Å². The maximum atomic E-state index is 13.5. The molecular weight excluding hydrogens is 530 g/mol. The molecule has 0 saturated carbocycles. The summed E-state index contributed by atoms with van der Waals surface area (Å²) in [6.45, 7) is 7.45. The second kappa shape index (κ2) is 12.4. The van der Waals surface area contributed by atoms with Crippen LogP contribution in [0.25, 0.3) is 23.3 Å². The molecule has 1 heterocycles. The highest BCUT2D eigenvalue weighted by Gasteiger charge is 2.31. The summed E-state index contributed by atoms with van der Waals surface area (Å²) >= 11 is 0. The summed E-state index contributed by atoms with van der Waals surface area (Å²) in [7, 11) is 0. The number of alkyl carbamates (subject to hydrolysis) is 1. The Morgan fingerprint density at radius 2 is 1.55 bits per heavy atom. The van der Waals surface area contributed by atoms with E-state index in [1.165, 1.54) is 0 Å². The molecule has 2 amide bonds. The Labute approximate surface area is 245 Å². The molecule has 3 aromatic carbocycles. The lowest BCUT2D eigenvalue weighted by Crippen LogP contribution is -2.48. The minimum atomic E-state index is -1.03. The van der Waals surface area contributed by atoms with Gasteiger partial charge in [0.2, 0.25) is 5.91 Å². The number of aromatic nitrogens is 1. The summed E-state index contributed by atoms with van der Waals surface area (Å²) in [6.07, 6.45) is 2.90.